The third kappa shape index (κ3) is 3.45. The zero-order chi connectivity index (χ0) is 14.9. The number of nitrogens with one attached hydrogen (secondary N) is 1. The Morgan fingerprint density at radius 1 is 1.35 bits per heavy atom. The molecule has 0 spiro atoms. The van der Waals surface area contributed by atoms with E-state index in [1.807, 2.05) is 13.8 Å². The predicted molar refractivity (Wildman–Crippen MR) is 73.5 cm³/mol. The summed E-state index contributed by atoms with van der Waals surface area (Å²) in [5, 5.41) is 3.38. The molecule has 2 nitrogen and oxygen atoms in total. The van der Waals surface area contributed by atoms with Gasteiger partial charge in [-0.1, -0.05) is 25.6 Å². The van der Waals surface area contributed by atoms with Crippen LogP contribution >= 0.6 is 11.8 Å². The minimum absolute atomic E-state index is 0.157. The number of thioether (sulfide) groups is 1. The van der Waals surface area contributed by atoms with E-state index >= 15 is 0 Å². The molecule has 1 aromatic rings. The molecule has 0 fully saturated rings. The normalized spacial score (nSPS) is 19.4. The van der Waals surface area contributed by atoms with Crippen molar-refractivity contribution in [2.45, 2.75) is 26.1 Å². The first-order valence-electron chi connectivity index (χ1n) is 6.11. The molecule has 20 heavy (non-hydrogen) atoms. The van der Waals surface area contributed by atoms with E-state index in [0.717, 1.165) is 17.9 Å². The van der Waals surface area contributed by atoms with Gasteiger partial charge in [0.15, 0.2) is 5.17 Å². The molecule has 1 aromatic carbocycles. The number of hydrogen-bond donors (Lipinski definition) is 1. The van der Waals surface area contributed by atoms with Crippen LogP contribution in [-0.2, 0) is 6.18 Å². The van der Waals surface area contributed by atoms with Gasteiger partial charge >= 0.3 is 6.18 Å². The lowest BCUT2D eigenvalue weighted by Gasteiger charge is -2.11. The topological polar surface area (TPSA) is 24.4 Å². The molecular weight excluding hydrogens is 292 g/mol. The lowest BCUT2D eigenvalue weighted by Crippen LogP contribution is -2.12. The van der Waals surface area contributed by atoms with E-state index in [1.165, 1.54) is 17.8 Å². The minimum Gasteiger partial charge on any atom is -0.335 e. The summed E-state index contributed by atoms with van der Waals surface area (Å²) >= 11 is 1.46. The molecular formula is C13H14F4N2S. The Labute approximate surface area is 118 Å². The predicted octanol–water partition coefficient (Wildman–Crippen LogP) is 4.38. The van der Waals surface area contributed by atoms with E-state index in [4.69, 9.17) is 0 Å². The standard InChI is InChI=1S/C13H14F4N2S/c1-7(2)11-6-20-12(19-11)18-8-3-4-10(14)9(5-8)13(15,16)17/h3-5,7,11H,6H2,1-2H3,(H,18,19). The smallest absolute Gasteiger partial charge is 0.335 e. The molecule has 1 N–H and O–H groups in total. The van der Waals surface area contributed by atoms with Crippen LogP contribution in [0.1, 0.15) is 19.4 Å². The molecule has 2 rings (SSSR count). The summed E-state index contributed by atoms with van der Waals surface area (Å²) in [5.41, 5.74) is -1.08. The van der Waals surface area contributed by atoms with Crippen molar-refractivity contribution >= 4 is 22.6 Å². The molecule has 0 aromatic heterocycles. The highest BCUT2D eigenvalue weighted by Crippen LogP contribution is 2.33. The number of amidine groups is 1. The Kier molecular flexibility index (Phi) is 4.27. The molecule has 1 unspecified atom stereocenters. The molecule has 0 saturated carbocycles. The van der Waals surface area contributed by atoms with Crippen molar-refractivity contribution in [3.63, 3.8) is 0 Å². The quantitative estimate of drug-likeness (QED) is 0.820. The first-order chi connectivity index (χ1) is 9.27. The fourth-order valence-electron chi connectivity index (χ4n) is 1.74. The summed E-state index contributed by atoms with van der Waals surface area (Å²) in [7, 11) is 0. The molecule has 1 aliphatic heterocycles. The van der Waals surface area contributed by atoms with Gasteiger partial charge in [0.1, 0.15) is 5.82 Å². The molecule has 0 aliphatic carbocycles. The van der Waals surface area contributed by atoms with Gasteiger partial charge in [0, 0.05) is 11.4 Å². The summed E-state index contributed by atoms with van der Waals surface area (Å²) in [6, 6.07) is 3.01. The number of benzene rings is 1. The second-order valence-corrected chi connectivity index (χ2v) is 5.88. The third-order valence-electron chi connectivity index (χ3n) is 2.97. The van der Waals surface area contributed by atoms with Crippen LogP contribution in [0.5, 0.6) is 0 Å². The Morgan fingerprint density at radius 3 is 2.60 bits per heavy atom. The monoisotopic (exact) mass is 306 g/mol. The largest absolute Gasteiger partial charge is 0.419 e. The van der Waals surface area contributed by atoms with Gasteiger partial charge in [-0.05, 0) is 24.1 Å². The molecule has 110 valence electrons. The Morgan fingerprint density at radius 2 is 2.05 bits per heavy atom. The van der Waals surface area contributed by atoms with Gasteiger partial charge in [-0.3, -0.25) is 4.99 Å². The minimum atomic E-state index is -4.70. The molecule has 0 bridgehead atoms. The summed E-state index contributed by atoms with van der Waals surface area (Å²) in [6.07, 6.45) is -4.70. The van der Waals surface area contributed by atoms with Gasteiger partial charge in [-0.25, -0.2) is 4.39 Å². The highest BCUT2D eigenvalue weighted by atomic mass is 32.2. The first kappa shape index (κ1) is 15.2. The van der Waals surface area contributed by atoms with Crippen molar-refractivity contribution in [1.82, 2.24) is 0 Å². The molecule has 1 aliphatic rings. The van der Waals surface area contributed by atoms with Crippen LogP contribution in [0.4, 0.5) is 23.2 Å². The van der Waals surface area contributed by atoms with Crippen molar-refractivity contribution in [2.24, 2.45) is 10.9 Å². The lowest BCUT2D eigenvalue weighted by molar-refractivity contribution is -0.139. The highest BCUT2D eigenvalue weighted by Gasteiger charge is 2.34. The number of halogens is 4. The van der Waals surface area contributed by atoms with Crippen LogP contribution in [0.2, 0.25) is 0 Å². The Bertz CT molecular complexity index is 526. The van der Waals surface area contributed by atoms with Crippen LogP contribution in [0.25, 0.3) is 0 Å². The van der Waals surface area contributed by atoms with Crippen molar-refractivity contribution in [2.75, 3.05) is 11.1 Å². The maximum Gasteiger partial charge on any atom is 0.419 e. The summed E-state index contributed by atoms with van der Waals surface area (Å²) in [5.74, 6) is -0.0993. The highest BCUT2D eigenvalue weighted by molar-refractivity contribution is 8.14. The van der Waals surface area contributed by atoms with E-state index < -0.39 is 17.6 Å². The van der Waals surface area contributed by atoms with Gasteiger partial charge in [0.2, 0.25) is 0 Å². The number of nitrogens with zero attached hydrogens (tertiary/aromatic N) is 1. The summed E-state index contributed by atoms with van der Waals surface area (Å²) < 4.78 is 51.0. The van der Waals surface area contributed by atoms with E-state index in [9.17, 15) is 17.6 Å². The average molecular weight is 306 g/mol. The SMILES string of the molecule is CC(C)C1CSC(Nc2ccc(F)c(C(F)(F)F)c2)=N1. The molecule has 7 heteroatoms. The van der Waals surface area contributed by atoms with E-state index in [-0.39, 0.29) is 11.7 Å². The number of anilines is 1. The zero-order valence-corrected chi connectivity index (χ0v) is 11.8. The zero-order valence-electron chi connectivity index (χ0n) is 11.0. The molecule has 1 atom stereocenters. The van der Waals surface area contributed by atoms with Crippen molar-refractivity contribution in [1.29, 1.82) is 0 Å². The molecule has 1 heterocycles. The number of hydrogen-bond acceptors (Lipinski definition) is 3. The van der Waals surface area contributed by atoms with Gasteiger partial charge in [0.25, 0.3) is 0 Å². The third-order valence-corrected chi connectivity index (χ3v) is 3.96. The van der Waals surface area contributed by atoms with E-state index in [1.54, 1.807) is 0 Å². The first-order valence-corrected chi connectivity index (χ1v) is 7.10. The Hall–Kier alpha value is -1.24. The van der Waals surface area contributed by atoms with Crippen molar-refractivity contribution in [3.05, 3.63) is 29.6 Å². The molecule has 0 saturated heterocycles. The second kappa shape index (κ2) is 5.63. The van der Waals surface area contributed by atoms with Gasteiger partial charge in [-0.2, -0.15) is 13.2 Å². The van der Waals surface area contributed by atoms with E-state index in [2.05, 4.69) is 10.3 Å². The van der Waals surface area contributed by atoms with Gasteiger partial charge in [0.05, 0.1) is 11.6 Å². The van der Waals surface area contributed by atoms with Gasteiger partial charge < -0.3 is 5.32 Å². The van der Waals surface area contributed by atoms with Crippen LogP contribution in [-0.4, -0.2) is 17.0 Å². The fourth-order valence-corrected chi connectivity index (χ4v) is 2.93. The van der Waals surface area contributed by atoms with Gasteiger partial charge in [-0.15, -0.1) is 0 Å². The maximum absolute atomic E-state index is 13.2. The average Bonchev–Trinajstić information content (AvgIpc) is 2.79. The van der Waals surface area contributed by atoms with Crippen LogP contribution in [0.15, 0.2) is 23.2 Å². The summed E-state index contributed by atoms with van der Waals surface area (Å²) in [6.45, 7) is 4.08. The second-order valence-electron chi connectivity index (χ2n) is 4.87. The summed E-state index contributed by atoms with van der Waals surface area (Å²) in [4.78, 5) is 4.39. The number of alkyl halides is 3. The maximum atomic E-state index is 13.2. The van der Waals surface area contributed by atoms with Crippen molar-refractivity contribution < 1.29 is 17.6 Å². The van der Waals surface area contributed by atoms with Crippen molar-refractivity contribution in [3.8, 4) is 0 Å². The molecule has 0 amide bonds. The number of aliphatic imine (C=N–C) groups is 1. The van der Waals surface area contributed by atoms with Crippen LogP contribution in [0, 0.1) is 11.7 Å². The Balaban J connectivity index is 2.17. The lowest BCUT2D eigenvalue weighted by atomic mass is 10.1. The van der Waals surface area contributed by atoms with E-state index in [0.29, 0.717) is 11.1 Å². The van der Waals surface area contributed by atoms with Crippen LogP contribution < -0.4 is 5.32 Å². The van der Waals surface area contributed by atoms with Crippen LogP contribution in [0.3, 0.4) is 0 Å². The molecule has 0 radical (unpaired) electrons. The number of rotatable bonds is 2. The fraction of sp³-hybridized carbons (Fsp3) is 0.462.